The lowest BCUT2D eigenvalue weighted by molar-refractivity contribution is -0.383. The summed E-state index contributed by atoms with van der Waals surface area (Å²) in [5.41, 5.74) is 8.12. The van der Waals surface area contributed by atoms with Crippen molar-refractivity contribution in [2.75, 3.05) is 5.73 Å². The van der Waals surface area contributed by atoms with Gasteiger partial charge in [0.05, 0.1) is 4.92 Å². The normalized spacial score (nSPS) is 10.4. The number of rotatable bonds is 4. The number of nitro groups is 1. The Morgan fingerprint density at radius 3 is 3.00 bits per heavy atom. The van der Waals surface area contributed by atoms with Gasteiger partial charge in [0.15, 0.2) is 4.34 Å². The van der Waals surface area contributed by atoms with E-state index in [1.54, 1.807) is 17.6 Å². The second-order valence-electron chi connectivity index (χ2n) is 3.14. The molecule has 0 amide bonds. The van der Waals surface area contributed by atoms with E-state index in [9.17, 15) is 10.1 Å². The van der Waals surface area contributed by atoms with E-state index in [1.807, 2.05) is 0 Å². The summed E-state index contributed by atoms with van der Waals surface area (Å²) in [7, 11) is 0. The van der Waals surface area contributed by atoms with Crippen LogP contribution < -0.4 is 5.73 Å². The van der Waals surface area contributed by atoms with Crippen molar-refractivity contribution >= 4 is 34.5 Å². The molecule has 0 fully saturated rings. The maximum Gasteiger partial charge on any atom is 0.292 e. The molecule has 1 aromatic heterocycles. The van der Waals surface area contributed by atoms with Crippen molar-refractivity contribution in [1.29, 1.82) is 0 Å². The minimum Gasteiger partial charge on any atom is -0.393 e. The van der Waals surface area contributed by atoms with Crippen LogP contribution in [0.15, 0.2) is 28.0 Å². The SMILES string of the molecule is Nc1ccc(CSc2nncs2)cc1[N+](=O)[O-]. The molecule has 8 heteroatoms. The van der Waals surface area contributed by atoms with E-state index in [4.69, 9.17) is 5.73 Å². The molecule has 2 aromatic rings. The molecule has 0 saturated carbocycles. The number of nitrogens with two attached hydrogens (primary N) is 1. The van der Waals surface area contributed by atoms with Gasteiger partial charge in [0, 0.05) is 11.8 Å². The monoisotopic (exact) mass is 268 g/mol. The van der Waals surface area contributed by atoms with Crippen LogP contribution in [0.25, 0.3) is 0 Å². The van der Waals surface area contributed by atoms with Crippen LogP contribution in [0.4, 0.5) is 11.4 Å². The molecule has 2 rings (SSSR count). The van der Waals surface area contributed by atoms with Crippen molar-refractivity contribution in [2.45, 2.75) is 10.1 Å². The van der Waals surface area contributed by atoms with Gasteiger partial charge in [-0.15, -0.1) is 10.2 Å². The summed E-state index contributed by atoms with van der Waals surface area (Å²) >= 11 is 2.93. The summed E-state index contributed by atoms with van der Waals surface area (Å²) < 4.78 is 0.837. The Bertz CT molecular complexity index is 530. The number of nitrogens with zero attached hydrogens (tertiary/aromatic N) is 3. The quantitative estimate of drug-likeness (QED) is 0.396. The molecule has 0 spiro atoms. The van der Waals surface area contributed by atoms with Crippen molar-refractivity contribution in [1.82, 2.24) is 10.2 Å². The molecular weight excluding hydrogens is 260 g/mol. The minimum absolute atomic E-state index is 0.0552. The summed E-state index contributed by atoms with van der Waals surface area (Å²) in [6.45, 7) is 0. The van der Waals surface area contributed by atoms with Crippen molar-refractivity contribution in [3.05, 3.63) is 39.4 Å². The summed E-state index contributed by atoms with van der Waals surface area (Å²) in [4.78, 5) is 10.2. The van der Waals surface area contributed by atoms with Crippen molar-refractivity contribution in [3.8, 4) is 0 Å². The smallest absolute Gasteiger partial charge is 0.292 e. The number of thioether (sulfide) groups is 1. The van der Waals surface area contributed by atoms with Gasteiger partial charge in [0.1, 0.15) is 11.2 Å². The first-order valence-electron chi connectivity index (χ1n) is 4.58. The number of anilines is 1. The highest BCUT2D eigenvalue weighted by Gasteiger charge is 2.12. The average Bonchev–Trinajstić information content (AvgIpc) is 2.80. The summed E-state index contributed by atoms with van der Waals surface area (Å²) in [6.07, 6.45) is 0. The van der Waals surface area contributed by atoms with Crippen LogP contribution >= 0.6 is 23.1 Å². The molecule has 0 bridgehead atoms. The Morgan fingerprint density at radius 2 is 2.35 bits per heavy atom. The van der Waals surface area contributed by atoms with Crippen LogP contribution in [0.1, 0.15) is 5.56 Å². The van der Waals surface area contributed by atoms with Gasteiger partial charge in [-0.25, -0.2) is 0 Å². The van der Waals surface area contributed by atoms with Gasteiger partial charge in [-0.2, -0.15) is 0 Å². The molecule has 0 saturated heterocycles. The molecule has 0 atom stereocenters. The number of nitrogen functional groups attached to an aromatic ring is 1. The molecule has 0 aliphatic rings. The maximum atomic E-state index is 10.7. The van der Waals surface area contributed by atoms with Crippen LogP contribution in [-0.4, -0.2) is 15.1 Å². The third-order valence-corrected chi connectivity index (χ3v) is 3.93. The zero-order valence-corrected chi connectivity index (χ0v) is 10.2. The van der Waals surface area contributed by atoms with E-state index in [2.05, 4.69) is 10.2 Å². The lowest BCUT2D eigenvalue weighted by Crippen LogP contribution is -1.96. The third kappa shape index (κ3) is 2.92. The number of hydrogen-bond donors (Lipinski definition) is 1. The molecule has 88 valence electrons. The molecule has 6 nitrogen and oxygen atoms in total. The molecular formula is C9H8N4O2S2. The first-order chi connectivity index (χ1) is 8.16. The molecule has 1 heterocycles. The van der Waals surface area contributed by atoms with Crippen molar-refractivity contribution in [2.24, 2.45) is 0 Å². The van der Waals surface area contributed by atoms with Crippen LogP contribution in [0.5, 0.6) is 0 Å². The van der Waals surface area contributed by atoms with Crippen molar-refractivity contribution in [3.63, 3.8) is 0 Å². The Hall–Kier alpha value is -1.67. The third-order valence-electron chi connectivity index (χ3n) is 1.99. The highest BCUT2D eigenvalue weighted by atomic mass is 32.2. The Morgan fingerprint density at radius 1 is 1.53 bits per heavy atom. The molecule has 0 aliphatic carbocycles. The van der Waals surface area contributed by atoms with E-state index in [-0.39, 0.29) is 11.4 Å². The van der Waals surface area contributed by atoms with Gasteiger partial charge in [0.2, 0.25) is 0 Å². The van der Waals surface area contributed by atoms with Gasteiger partial charge in [0.25, 0.3) is 5.69 Å². The van der Waals surface area contributed by atoms with E-state index < -0.39 is 4.92 Å². The fraction of sp³-hybridized carbons (Fsp3) is 0.111. The highest BCUT2D eigenvalue weighted by molar-refractivity contribution is 8.00. The Balaban J connectivity index is 2.11. The molecule has 17 heavy (non-hydrogen) atoms. The summed E-state index contributed by atoms with van der Waals surface area (Å²) in [5, 5.41) is 18.3. The zero-order valence-electron chi connectivity index (χ0n) is 8.57. The van der Waals surface area contributed by atoms with E-state index >= 15 is 0 Å². The summed E-state index contributed by atoms with van der Waals surface area (Å²) in [5.74, 6) is 0.607. The predicted octanol–water partition coefficient (Wildman–Crippen LogP) is 2.32. The number of hydrogen-bond acceptors (Lipinski definition) is 7. The molecule has 1 aromatic carbocycles. The fourth-order valence-electron chi connectivity index (χ4n) is 1.21. The second-order valence-corrected chi connectivity index (χ2v) is 5.20. The lowest BCUT2D eigenvalue weighted by atomic mass is 10.2. The van der Waals surface area contributed by atoms with Gasteiger partial charge >= 0.3 is 0 Å². The van der Waals surface area contributed by atoms with Crippen LogP contribution in [0, 0.1) is 10.1 Å². The van der Waals surface area contributed by atoms with Gasteiger partial charge < -0.3 is 5.73 Å². The van der Waals surface area contributed by atoms with Gasteiger partial charge in [-0.05, 0) is 11.6 Å². The van der Waals surface area contributed by atoms with Crippen LogP contribution in [0.2, 0.25) is 0 Å². The number of benzene rings is 1. The Labute approximate surface area is 105 Å². The molecule has 0 radical (unpaired) electrons. The molecule has 0 unspecified atom stereocenters. The van der Waals surface area contributed by atoms with Crippen molar-refractivity contribution < 1.29 is 4.92 Å². The van der Waals surface area contributed by atoms with E-state index in [1.165, 1.54) is 29.2 Å². The topological polar surface area (TPSA) is 94.9 Å². The van der Waals surface area contributed by atoms with Crippen LogP contribution in [-0.2, 0) is 5.75 Å². The van der Waals surface area contributed by atoms with Crippen LogP contribution in [0.3, 0.4) is 0 Å². The van der Waals surface area contributed by atoms with Gasteiger partial charge in [-0.1, -0.05) is 29.2 Å². The first kappa shape index (κ1) is 11.8. The zero-order chi connectivity index (χ0) is 12.3. The number of nitro benzene ring substituents is 1. The minimum atomic E-state index is -0.478. The Kier molecular flexibility index (Phi) is 3.55. The fourth-order valence-corrected chi connectivity index (χ4v) is 2.64. The molecule has 2 N–H and O–H groups in total. The highest BCUT2D eigenvalue weighted by Crippen LogP contribution is 2.28. The molecule has 0 aliphatic heterocycles. The summed E-state index contributed by atoms with van der Waals surface area (Å²) in [6, 6.07) is 4.81. The second kappa shape index (κ2) is 5.11. The predicted molar refractivity (Wildman–Crippen MR) is 67.0 cm³/mol. The lowest BCUT2D eigenvalue weighted by Gasteiger charge is -2.01. The van der Waals surface area contributed by atoms with E-state index in [0.717, 1.165) is 9.90 Å². The van der Waals surface area contributed by atoms with E-state index in [0.29, 0.717) is 5.75 Å². The number of aromatic nitrogens is 2. The van der Waals surface area contributed by atoms with Gasteiger partial charge in [-0.3, -0.25) is 10.1 Å². The maximum absolute atomic E-state index is 10.7. The first-order valence-corrected chi connectivity index (χ1v) is 6.45. The standard InChI is InChI=1S/C9H8N4O2S2/c10-7-2-1-6(3-8(7)13(14)15)4-16-9-12-11-5-17-9/h1-3,5H,4,10H2. The average molecular weight is 268 g/mol. The largest absolute Gasteiger partial charge is 0.393 e.